The summed E-state index contributed by atoms with van der Waals surface area (Å²) in [4.78, 5) is 2.13. The zero-order valence-corrected chi connectivity index (χ0v) is 13.1. The van der Waals surface area contributed by atoms with Gasteiger partial charge in [0.1, 0.15) is 5.75 Å². The molecule has 0 spiro atoms. The molecule has 0 aliphatic carbocycles. The summed E-state index contributed by atoms with van der Waals surface area (Å²) in [6.45, 7) is 5.19. The molecule has 1 rings (SSSR count). The third-order valence-electron chi connectivity index (χ3n) is 2.66. The monoisotopic (exact) mass is 315 g/mol. The van der Waals surface area contributed by atoms with Gasteiger partial charge in [-0.15, -0.1) is 0 Å². The van der Waals surface area contributed by atoms with Gasteiger partial charge in [0.25, 0.3) is 0 Å². The van der Waals surface area contributed by atoms with Gasteiger partial charge in [0.05, 0.1) is 12.7 Å². The molecule has 0 aliphatic heterocycles. The molecule has 1 N–H and O–H groups in total. The maximum absolute atomic E-state index is 9.76. The second-order valence-corrected chi connectivity index (χ2v) is 6.17. The van der Waals surface area contributed by atoms with E-state index in [1.807, 2.05) is 33.0 Å². The largest absolute Gasteiger partial charge is 0.496 e. The lowest BCUT2D eigenvalue weighted by Crippen LogP contribution is -2.37. The van der Waals surface area contributed by atoms with E-state index < -0.39 is 5.60 Å². The highest BCUT2D eigenvalue weighted by Crippen LogP contribution is 2.23. The number of hydrogen-bond acceptors (Lipinski definition) is 3. The van der Waals surface area contributed by atoms with Crippen LogP contribution in [0.3, 0.4) is 0 Å². The molecule has 0 fully saturated rings. The molecule has 0 aromatic heterocycles. The lowest BCUT2D eigenvalue weighted by atomic mass is 10.1. The minimum Gasteiger partial charge on any atom is -0.496 e. The number of hydrogen-bond donors (Lipinski definition) is 1. The molecule has 3 nitrogen and oxygen atoms in total. The van der Waals surface area contributed by atoms with Crippen LogP contribution in [-0.2, 0) is 6.42 Å². The van der Waals surface area contributed by atoms with Crippen LogP contribution >= 0.6 is 15.9 Å². The first-order chi connectivity index (χ1) is 8.31. The SMILES string of the molecule is COc1ccc(Br)cc1CCN(C)CC(C)(C)O. The Kier molecular flexibility index (Phi) is 5.63. The first kappa shape index (κ1) is 15.5. The van der Waals surface area contributed by atoms with Crippen molar-refractivity contribution in [1.29, 1.82) is 0 Å². The Bertz CT molecular complexity index is 388. The highest BCUT2D eigenvalue weighted by Gasteiger charge is 2.15. The second kappa shape index (κ2) is 6.55. The van der Waals surface area contributed by atoms with E-state index in [4.69, 9.17) is 4.74 Å². The maximum Gasteiger partial charge on any atom is 0.122 e. The van der Waals surface area contributed by atoms with Crippen molar-refractivity contribution in [3.05, 3.63) is 28.2 Å². The fourth-order valence-corrected chi connectivity index (χ4v) is 2.40. The van der Waals surface area contributed by atoms with Gasteiger partial charge in [-0.05, 0) is 51.1 Å². The molecule has 1 aromatic carbocycles. The zero-order valence-electron chi connectivity index (χ0n) is 11.5. The Morgan fingerprint density at radius 2 is 2.06 bits per heavy atom. The van der Waals surface area contributed by atoms with Crippen molar-refractivity contribution in [2.75, 3.05) is 27.2 Å². The Balaban J connectivity index is 2.60. The molecule has 0 heterocycles. The molecular weight excluding hydrogens is 294 g/mol. The van der Waals surface area contributed by atoms with Crippen LogP contribution < -0.4 is 4.74 Å². The Hall–Kier alpha value is -0.580. The fraction of sp³-hybridized carbons (Fsp3) is 0.571. The van der Waals surface area contributed by atoms with Crippen LogP contribution in [0.1, 0.15) is 19.4 Å². The predicted octanol–water partition coefficient (Wildman–Crippen LogP) is 2.70. The normalized spacial score (nSPS) is 11.9. The third-order valence-corrected chi connectivity index (χ3v) is 3.16. The van der Waals surface area contributed by atoms with Crippen molar-refractivity contribution in [3.63, 3.8) is 0 Å². The fourth-order valence-electron chi connectivity index (χ4n) is 1.99. The summed E-state index contributed by atoms with van der Waals surface area (Å²) < 4.78 is 6.40. The van der Waals surface area contributed by atoms with Gasteiger partial charge in [-0.25, -0.2) is 0 Å². The Morgan fingerprint density at radius 3 is 2.61 bits per heavy atom. The van der Waals surface area contributed by atoms with E-state index in [0.717, 1.165) is 23.2 Å². The smallest absolute Gasteiger partial charge is 0.122 e. The molecule has 0 aliphatic rings. The summed E-state index contributed by atoms with van der Waals surface area (Å²) in [5.41, 5.74) is 0.519. The van der Waals surface area contributed by atoms with E-state index in [-0.39, 0.29) is 0 Å². The van der Waals surface area contributed by atoms with Crippen molar-refractivity contribution in [2.45, 2.75) is 25.9 Å². The predicted molar refractivity (Wildman–Crippen MR) is 78.2 cm³/mol. The Morgan fingerprint density at radius 1 is 1.39 bits per heavy atom. The molecular formula is C14H22BrNO2. The van der Waals surface area contributed by atoms with Crippen molar-refractivity contribution in [2.24, 2.45) is 0 Å². The molecule has 18 heavy (non-hydrogen) atoms. The number of benzene rings is 1. The summed E-state index contributed by atoms with van der Waals surface area (Å²) in [5.74, 6) is 0.912. The van der Waals surface area contributed by atoms with Crippen LogP contribution in [0, 0.1) is 0 Å². The standard InChI is InChI=1S/C14H22BrNO2/c1-14(2,17)10-16(3)8-7-11-9-12(15)5-6-13(11)18-4/h5-6,9,17H,7-8,10H2,1-4H3. The van der Waals surface area contributed by atoms with Crippen LogP contribution in [0.5, 0.6) is 5.75 Å². The average Bonchev–Trinajstić information content (AvgIpc) is 2.24. The molecule has 0 unspecified atom stereocenters. The molecule has 1 aromatic rings. The number of nitrogens with zero attached hydrogens (tertiary/aromatic N) is 1. The van der Waals surface area contributed by atoms with Gasteiger partial charge >= 0.3 is 0 Å². The first-order valence-corrected chi connectivity index (χ1v) is 6.84. The third kappa shape index (κ3) is 5.38. The van der Waals surface area contributed by atoms with E-state index >= 15 is 0 Å². The van der Waals surface area contributed by atoms with Crippen molar-refractivity contribution in [1.82, 2.24) is 4.90 Å². The van der Waals surface area contributed by atoms with Gasteiger partial charge in [0.2, 0.25) is 0 Å². The molecule has 0 saturated heterocycles. The second-order valence-electron chi connectivity index (χ2n) is 5.26. The zero-order chi connectivity index (χ0) is 13.8. The van der Waals surface area contributed by atoms with Crippen LogP contribution in [-0.4, -0.2) is 42.9 Å². The molecule has 0 saturated carbocycles. The number of rotatable bonds is 6. The topological polar surface area (TPSA) is 32.7 Å². The number of likely N-dealkylation sites (N-methyl/N-ethyl adjacent to an activating group) is 1. The van der Waals surface area contributed by atoms with E-state index in [9.17, 15) is 5.11 Å². The molecule has 102 valence electrons. The van der Waals surface area contributed by atoms with Crippen LogP contribution in [0.2, 0.25) is 0 Å². The highest BCUT2D eigenvalue weighted by atomic mass is 79.9. The summed E-state index contributed by atoms with van der Waals surface area (Å²) >= 11 is 3.47. The molecule has 0 radical (unpaired) electrons. The number of halogens is 1. The number of ether oxygens (including phenoxy) is 1. The van der Waals surface area contributed by atoms with E-state index in [1.165, 1.54) is 5.56 Å². The molecule has 4 heteroatoms. The number of methoxy groups -OCH3 is 1. The van der Waals surface area contributed by atoms with E-state index in [1.54, 1.807) is 7.11 Å². The van der Waals surface area contributed by atoms with E-state index in [2.05, 4.69) is 26.9 Å². The van der Waals surface area contributed by atoms with Crippen molar-refractivity contribution in [3.8, 4) is 5.75 Å². The van der Waals surface area contributed by atoms with Crippen molar-refractivity contribution >= 4 is 15.9 Å². The van der Waals surface area contributed by atoms with Crippen LogP contribution in [0.25, 0.3) is 0 Å². The molecule has 0 bridgehead atoms. The maximum atomic E-state index is 9.76. The molecule has 0 amide bonds. The average molecular weight is 316 g/mol. The van der Waals surface area contributed by atoms with Crippen molar-refractivity contribution < 1.29 is 9.84 Å². The molecule has 0 atom stereocenters. The summed E-state index contributed by atoms with van der Waals surface area (Å²) in [5, 5.41) is 9.76. The number of aliphatic hydroxyl groups is 1. The first-order valence-electron chi connectivity index (χ1n) is 6.05. The minimum atomic E-state index is -0.657. The summed E-state index contributed by atoms with van der Waals surface area (Å²) in [6.07, 6.45) is 0.898. The highest BCUT2D eigenvalue weighted by molar-refractivity contribution is 9.10. The summed E-state index contributed by atoms with van der Waals surface area (Å²) in [7, 11) is 3.70. The Labute approximate surface area is 118 Å². The van der Waals surface area contributed by atoms with Crippen LogP contribution in [0.4, 0.5) is 0 Å². The van der Waals surface area contributed by atoms with Gasteiger partial charge in [-0.3, -0.25) is 0 Å². The van der Waals surface area contributed by atoms with Crippen LogP contribution in [0.15, 0.2) is 22.7 Å². The summed E-state index contributed by atoms with van der Waals surface area (Å²) in [6, 6.07) is 6.02. The van der Waals surface area contributed by atoms with Gasteiger partial charge < -0.3 is 14.7 Å². The lowest BCUT2D eigenvalue weighted by Gasteiger charge is -2.25. The van der Waals surface area contributed by atoms with Gasteiger partial charge in [-0.1, -0.05) is 15.9 Å². The van der Waals surface area contributed by atoms with Gasteiger partial charge in [-0.2, -0.15) is 0 Å². The van der Waals surface area contributed by atoms with Gasteiger partial charge in [0, 0.05) is 17.6 Å². The quantitative estimate of drug-likeness (QED) is 0.876. The lowest BCUT2D eigenvalue weighted by molar-refractivity contribution is 0.0449. The van der Waals surface area contributed by atoms with E-state index in [0.29, 0.717) is 6.54 Å². The van der Waals surface area contributed by atoms with Gasteiger partial charge in [0.15, 0.2) is 0 Å². The minimum absolute atomic E-state index is 0.656.